The highest BCUT2D eigenvalue weighted by molar-refractivity contribution is 6.05. The fourth-order valence-corrected chi connectivity index (χ4v) is 2.44. The first-order chi connectivity index (χ1) is 11.1. The van der Waals surface area contributed by atoms with Crippen molar-refractivity contribution in [2.75, 3.05) is 4.90 Å². The largest absolute Gasteiger partial charge is 0.416 e. The van der Waals surface area contributed by atoms with E-state index >= 15 is 0 Å². The molecule has 0 aliphatic heterocycles. The molecule has 0 radical (unpaired) electrons. The lowest BCUT2D eigenvalue weighted by atomic mass is 10.1. The van der Waals surface area contributed by atoms with Crippen molar-refractivity contribution >= 4 is 11.6 Å². The summed E-state index contributed by atoms with van der Waals surface area (Å²) in [6, 6.07) is 7.64. The zero-order chi connectivity index (χ0) is 18.1. The van der Waals surface area contributed by atoms with Crippen LogP contribution in [0.15, 0.2) is 36.5 Å². The zero-order valence-electron chi connectivity index (χ0n) is 13.4. The predicted molar refractivity (Wildman–Crippen MR) is 83.5 cm³/mol. The van der Waals surface area contributed by atoms with Crippen LogP contribution in [0.25, 0.3) is 0 Å². The molecule has 0 fully saturated rings. The van der Waals surface area contributed by atoms with Crippen molar-refractivity contribution in [3.05, 3.63) is 53.3 Å². The Morgan fingerprint density at radius 1 is 1.29 bits per heavy atom. The molecule has 4 nitrogen and oxygen atoms in total. The highest BCUT2D eigenvalue weighted by atomic mass is 19.4. The van der Waals surface area contributed by atoms with Gasteiger partial charge in [0.15, 0.2) is 0 Å². The van der Waals surface area contributed by atoms with Crippen LogP contribution in [0.3, 0.4) is 0 Å². The number of aryl methyl sites for hydroxylation is 1. The molecule has 0 spiro atoms. The average Bonchev–Trinajstić information content (AvgIpc) is 2.87. The van der Waals surface area contributed by atoms with Crippen LogP contribution in [0.1, 0.15) is 35.5 Å². The summed E-state index contributed by atoms with van der Waals surface area (Å²) in [6.07, 6.45) is -2.99. The quantitative estimate of drug-likeness (QED) is 0.852. The van der Waals surface area contributed by atoms with Crippen molar-refractivity contribution < 1.29 is 18.0 Å². The minimum atomic E-state index is -4.49. The van der Waals surface area contributed by atoms with Gasteiger partial charge in [-0.15, -0.1) is 0 Å². The molecular formula is C17H16F3N3O. The number of hydrogen-bond acceptors (Lipinski definition) is 2. The number of aromatic nitrogens is 1. The number of anilines is 1. The van der Waals surface area contributed by atoms with Gasteiger partial charge >= 0.3 is 6.18 Å². The van der Waals surface area contributed by atoms with Gasteiger partial charge in [-0.05, 0) is 38.1 Å². The third-order valence-corrected chi connectivity index (χ3v) is 3.54. The molecule has 1 amide bonds. The Morgan fingerprint density at radius 2 is 1.96 bits per heavy atom. The number of nitrogens with zero attached hydrogens (tertiary/aromatic N) is 3. The van der Waals surface area contributed by atoms with Crippen LogP contribution in [0.2, 0.25) is 0 Å². The lowest BCUT2D eigenvalue weighted by Crippen LogP contribution is -2.38. The van der Waals surface area contributed by atoms with Crippen LogP contribution in [0, 0.1) is 11.3 Å². The second-order valence-corrected chi connectivity index (χ2v) is 5.65. The number of carbonyl (C=O) groups is 1. The molecule has 0 saturated carbocycles. The van der Waals surface area contributed by atoms with Gasteiger partial charge in [0.25, 0.3) is 5.91 Å². The third-order valence-electron chi connectivity index (χ3n) is 3.54. The van der Waals surface area contributed by atoms with Crippen LogP contribution < -0.4 is 4.90 Å². The molecule has 24 heavy (non-hydrogen) atoms. The number of nitriles is 1. The summed E-state index contributed by atoms with van der Waals surface area (Å²) in [5.41, 5.74) is -0.112. The lowest BCUT2D eigenvalue weighted by Gasteiger charge is -2.27. The molecule has 0 aliphatic rings. The number of carbonyl (C=O) groups excluding carboxylic acids is 1. The Bertz CT molecular complexity index is 800. The summed E-state index contributed by atoms with van der Waals surface area (Å²) in [5, 5.41) is 8.93. The monoisotopic (exact) mass is 335 g/mol. The van der Waals surface area contributed by atoms with E-state index in [1.165, 1.54) is 33.9 Å². The zero-order valence-corrected chi connectivity index (χ0v) is 13.4. The summed E-state index contributed by atoms with van der Waals surface area (Å²) in [5.74, 6) is -0.465. The predicted octanol–water partition coefficient (Wildman–Crippen LogP) is 3.97. The molecule has 0 saturated heterocycles. The first-order valence-corrected chi connectivity index (χ1v) is 7.22. The van der Waals surface area contributed by atoms with Crippen LogP contribution in [0.4, 0.5) is 18.9 Å². The van der Waals surface area contributed by atoms with Gasteiger partial charge in [0, 0.05) is 25.0 Å². The molecule has 1 heterocycles. The molecule has 0 aliphatic carbocycles. The Labute approximate surface area is 137 Å². The summed E-state index contributed by atoms with van der Waals surface area (Å²) >= 11 is 0. The average molecular weight is 335 g/mol. The van der Waals surface area contributed by atoms with Crippen LogP contribution >= 0.6 is 0 Å². The summed E-state index contributed by atoms with van der Waals surface area (Å²) in [7, 11) is 1.61. The van der Waals surface area contributed by atoms with E-state index in [-0.39, 0.29) is 17.4 Å². The topological polar surface area (TPSA) is 49.0 Å². The molecule has 7 heteroatoms. The molecule has 0 bridgehead atoms. The summed E-state index contributed by atoms with van der Waals surface area (Å²) in [4.78, 5) is 14.1. The van der Waals surface area contributed by atoms with Crippen LogP contribution in [-0.4, -0.2) is 16.5 Å². The molecule has 1 aromatic heterocycles. The van der Waals surface area contributed by atoms with E-state index in [9.17, 15) is 18.0 Å². The standard InChI is InChI=1S/C17H16F3N3O/c1-11(2)23(14-6-4-5-13(8-14)17(18,19)20)16(24)15-7-12(9-21)10-22(15)3/h4-8,10-11H,1-3H3. The van der Waals surface area contributed by atoms with Crippen molar-refractivity contribution in [3.63, 3.8) is 0 Å². The van der Waals surface area contributed by atoms with E-state index in [1.807, 2.05) is 6.07 Å². The van der Waals surface area contributed by atoms with Crippen molar-refractivity contribution in [1.29, 1.82) is 5.26 Å². The molecule has 1 aromatic carbocycles. The second kappa shape index (κ2) is 6.40. The van der Waals surface area contributed by atoms with E-state index in [1.54, 1.807) is 20.9 Å². The maximum atomic E-state index is 12.9. The summed E-state index contributed by atoms with van der Waals surface area (Å²) < 4.78 is 40.3. The first kappa shape index (κ1) is 17.6. The minimum Gasteiger partial charge on any atom is -0.345 e. The first-order valence-electron chi connectivity index (χ1n) is 7.22. The van der Waals surface area contributed by atoms with Gasteiger partial charge in [-0.2, -0.15) is 18.4 Å². The van der Waals surface area contributed by atoms with Crippen molar-refractivity contribution in [2.24, 2.45) is 7.05 Å². The molecule has 2 rings (SSSR count). The van der Waals surface area contributed by atoms with Gasteiger partial charge < -0.3 is 9.47 Å². The maximum absolute atomic E-state index is 12.9. The van der Waals surface area contributed by atoms with E-state index in [4.69, 9.17) is 5.26 Å². The third kappa shape index (κ3) is 3.43. The number of rotatable bonds is 3. The number of hydrogen-bond donors (Lipinski definition) is 0. The number of alkyl halides is 3. The smallest absolute Gasteiger partial charge is 0.345 e. The molecule has 0 atom stereocenters. The van der Waals surface area contributed by atoms with Gasteiger partial charge in [-0.1, -0.05) is 6.07 Å². The Balaban J connectivity index is 2.49. The van der Waals surface area contributed by atoms with Crippen LogP contribution in [0.5, 0.6) is 0 Å². The maximum Gasteiger partial charge on any atom is 0.416 e. The minimum absolute atomic E-state index is 0.157. The van der Waals surface area contributed by atoms with E-state index in [0.29, 0.717) is 5.56 Å². The van der Waals surface area contributed by atoms with Gasteiger partial charge in [-0.25, -0.2) is 0 Å². The fraction of sp³-hybridized carbons (Fsp3) is 0.294. The molecule has 126 valence electrons. The highest BCUT2D eigenvalue weighted by Gasteiger charge is 2.32. The van der Waals surface area contributed by atoms with E-state index < -0.39 is 17.6 Å². The number of benzene rings is 1. The van der Waals surface area contributed by atoms with Gasteiger partial charge in [-0.3, -0.25) is 4.79 Å². The molecular weight excluding hydrogens is 319 g/mol. The summed E-state index contributed by atoms with van der Waals surface area (Å²) in [6.45, 7) is 3.43. The Kier molecular flexibility index (Phi) is 4.69. The highest BCUT2D eigenvalue weighted by Crippen LogP contribution is 2.32. The lowest BCUT2D eigenvalue weighted by molar-refractivity contribution is -0.137. The Hall–Kier alpha value is -2.75. The normalized spacial score (nSPS) is 11.4. The van der Waals surface area contributed by atoms with E-state index in [0.717, 1.165) is 12.1 Å². The SMILES string of the molecule is CC(C)N(C(=O)c1cc(C#N)cn1C)c1cccc(C(F)(F)F)c1. The molecule has 0 unspecified atom stereocenters. The van der Waals surface area contributed by atoms with Crippen molar-refractivity contribution in [2.45, 2.75) is 26.1 Å². The number of amides is 1. The fourth-order valence-electron chi connectivity index (χ4n) is 2.44. The number of halogens is 3. The van der Waals surface area contributed by atoms with Gasteiger partial charge in [0.05, 0.1) is 11.1 Å². The molecule has 2 aromatic rings. The second-order valence-electron chi connectivity index (χ2n) is 5.65. The van der Waals surface area contributed by atoms with Crippen molar-refractivity contribution in [3.8, 4) is 6.07 Å². The van der Waals surface area contributed by atoms with Gasteiger partial charge in [0.2, 0.25) is 0 Å². The van der Waals surface area contributed by atoms with Crippen molar-refractivity contribution in [1.82, 2.24) is 4.57 Å². The molecule has 0 N–H and O–H groups in total. The van der Waals surface area contributed by atoms with E-state index in [2.05, 4.69) is 0 Å². The van der Waals surface area contributed by atoms with Crippen LogP contribution in [-0.2, 0) is 13.2 Å². The Morgan fingerprint density at radius 3 is 2.46 bits per heavy atom. The van der Waals surface area contributed by atoms with Gasteiger partial charge in [0.1, 0.15) is 11.8 Å².